The topological polar surface area (TPSA) is 59.1 Å². The zero-order valence-corrected chi connectivity index (χ0v) is 11.5. The van der Waals surface area contributed by atoms with E-state index in [1.165, 1.54) is 11.3 Å². The molecule has 5 heteroatoms. The van der Waals surface area contributed by atoms with Crippen LogP contribution in [0.1, 0.15) is 35.0 Å². The number of anilines is 1. The van der Waals surface area contributed by atoms with Gasteiger partial charge in [-0.1, -0.05) is 44.2 Å². The molecule has 0 spiro atoms. The van der Waals surface area contributed by atoms with Gasteiger partial charge in [-0.3, -0.25) is 14.9 Å². The maximum atomic E-state index is 11.9. The smallest absolute Gasteiger partial charge is 0.295 e. The summed E-state index contributed by atoms with van der Waals surface area (Å²) < 4.78 is 0. The third-order valence-corrected chi connectivity index (χ3v) is 3.77. The molecule has 1 N–H and O–H groups in total. The lowest BCUT2D eigenvalue weighted by Gasteiger charge is -2.01. The van der Waals surface area contributed by atoms with Gasteiger partial charge in [-0.25, -0.2) is 4.98 Å². The van der Waals surface area contributed by atoms with Crippen molar-refractivity contribution in [1.29, 1.82) is 0 Å². The van der Waals surface area contributed by atoms with Gasteiger partial charge in [-0.15, -0.1) is 11.3 Å². The first-order chi connectivity index (χ1) is 9.08. The molecule has 0 bridgehead atoms. The Kier molecular flexibility index (Phi) is 4.06. The number of nitrogens with zero attached hydrogens (tertiary/aromatic N) is 1. The molecule has 2 rings (SSSR count). The van der Waals surface area contributed by atoms with Crippen LogP contribution in [0.3, 0.4) is 0 Å². The lowest BCUT2D eigenvalue weighted by Crippen LogP contribution is -2.22. The lowest BCUT2D eigenvalue weighted by molar-refractivity contribution is -0.112. The monoisotopic (exact) mass is 274 g/mol. The second-order valence-electron chi connectivity index (χ2n) is 4.37. The Bertz CT molecular complexity index is 591. The SMILES string of the molecule is CC(C)c1cnc(NC(=O)C(=O)c2ccccc2)s1. The Morgan fingerprint density at radius 2 is 1.89 bits per heavy atom. The first-order valence-corrected chi connectivity index (χ1v) is 6.76. The van der Waals surface area contributed by atoms with Crippen molar-refractivity contribution in [2.75, 3.05) is 5.32 Å². The molecule has 0 radical (unpaired) electrons. The molecule has 0 saturated heterocycles. The summed E-state index contributed by atoms with van der Waals surface area (Å²) in [4.78, 5) is 28.8. The van der Waals surface area contributed by atoms with Gasteiger partial charge in [0.05, 0.1) is 0 Å². The molecule has 0 aliphatic rings. The number of carbonyl (C=O) groups is 2. The van der Waals surface area contributed by atoms with Crippen LogP contribution in [0.25, 0.3) is 0 Å². The Hall–Kier alpha value is -2.01. The summed E-state index contributed by atoms with van der Waals surface area (Å²) in [5, 5.41) is 2.99. The maximum absolute atomic E-state index is 11.9. The van der Waals surface area contributed by atoms with Crippen molar-refractivity contribution >= 4 is 28.2 Å². The predicted octanol–water partition coefficient (Wildman–Crippen LogP) is 3.09. The molecule has 2 aromatic rings. The van der Waals surface area contributed by atoms with Crippen LogP contribution >= 0.6 is 11.3 Å². The summed E-state index contributed by atoms with van der Waals surface area (Å²) in [7, 11) is 0. The first kappa shape index (κ1) is 13.4. The van der Waals surface area contributed by atoms with Crippen molar-refractivity contribution in [2.45, 2.75) is 19.8 Å². The highest BCUT2D eigenvalue weighted by molar-refractivity contribution is 7.15. The van der Waals surface area contributed by atoms with E-state index in [4.69, 9.17) is 0 Å². The Morgan fingerprint density at radius 1 is 1.21 bits per heavy atom. The molecule has 0 aliphatic heterocycles. The minimum atomic E-state index is -0.657. The van der Waals surface area contributed by atoms with Crippen molar-refractivity contribution < 1.29 is 9.59 Å². The summed E-state index contributed by atoms with van der Waals surface area (Å²) in [6, 6.07) is 8.47. The van der Waals surface area contributed by atoms with Gasteiger partial charge in [0.15, 0.2) is 5.13 Å². The standard InChI is InChI=1S/C14H14N2O2S/c1-9(2)11-8-15-14(19-11)16-13(18)12(17)10-6-4-3-5-7-10/h3-9H,1-2H3,(H,15,16,18). The van der Waals surface area contributed by atoms with Gasteiger partial charge in [0.2, 0.25) is 0 Å². The van der Waals surface area contributed by atoms with E-state index < -0.39 is 11.7 Å². The number of amides is 1. The number of rotatable bonds is 4. The predicted molar refractivity (Wildman–Crippen MR) is 75.6 cm³/mol. The zero-order chi connectivity index (χ0) is 13.8. The number of nitrogens with one attached hydrogen (secondary N) is 1. The van der Waals surface area contributed by atoms with Crippen LogP contribution in [0.2, 0.25) is 0 Å². The van der Waals surface area contributed by atoms with E-state index >= 15 is 0 Å². The molecular weight excluding hydrogens is 260 g/mol. The number of thiazole rings is 1. The summed E-state index contributed by atoms with van der Waals surface area (Å²) in [6.45, 7) is 4.10. The van der Waals surface area contributed by atoms with Crippen LogP contribution < -0.4 is 5.32 Å². The summed E-state index contributed by atoms with van der Waals surface area (Å²) >= 11 is 1.39. The highest BCUT2D eigenvalue weighted by atomic mass is 32.1. The molecule has 1 aromatic carbocycles. The molecule has 98 valence electrons. The van der Waals surface area contributed by atoms with Crippen LogP contribution in [-0.4, -0.2) is 16.7 Å². The highest BCUT2D eigenvalue weighted by Crippen LogP contribution is 2.25. The van der Waals surface area contributed by atoms with Crippen LogP contribution in [0.4, 0.5) is 5.13 Å². The van der Waals surface area contributed by atoms with Gasteiger partial charge >= 0.3 is 0 Å². The molecule has 0 atom stereocenters. The second-order valence-corrected chi connectivity index (χ2v) is 5.43. The molecule has 19 heavy (non-hydrogen) atoms. The number of carbonyl (C=O) groups excluding carboxylic acids is 2. The number of hydrogen-bond acceptors (Lipinski definition) is 4. The molecule has 0 unspecified atom stereocenters. The minimum Gasteiger partial charge on any atom is -0.295 e. The van der Waals surface area contributed by atoms with Crippen molar-refractivity contribution in [3.8, 4) is 0 Å². The quantitative estimate of drug-likeness (QED) is 0.688. The number of hydrogen-bond donors (Lipinski definition) is 1. The highest BCUT2D eigenvalue weighted by Gasteiger charge is 2.17. The molecule has 4 nitrogen and oxygen atoms in total. The van der Waals surface area contributed by atoms with Crippen molar-refractivity contribution in [2.24, 2.45) is 0 Å². The summed E-state index contributed by atoms with van der Waals surface area (Å²) in [5.74, 6) is -0.856. The van der Waals surface area contributed by atoms with Crippen molar-refractivity contribution in [3.63, 3.8) is 0 Å². The average molecular weight is 274 g/mol. The van der Waals surface area contributed by atoms with E-state index in [-0.39, 0.29) is 0 Å². The van der Waals surface area contributed by atoms with Crippen molar-refractivity contribution in [3.05, 3.63) is 47.0 Å². The van der Waals surface area contributed by atoms with Gasteiger partial charge in [-0.05, 0) is 5.92 Å². The Labute approximate surface area is 115 Å². The largest absolute Gasteiger partial charge is 0.298 e. The van der Waals surface area contributed by atoms with Gasteiger partial charge < -0.3 is 0 Å². The fourth-order valence-corrected chi connectivity index (χ4v) is 2.30. The zero-order valence-electron chi connectivity index (χ0n) is 10.7. The van der Waals surface area contributed by atoms with Crippen LogP contribution in [-0.2, 0) is 4.79 Å². The molecule has 0 aliphatic carbocycles. The van der Waals surface area contributed by atoms with E-state index in [1.54, 1.807) is 36.5 Å². The van der Waals surface area contributed by atoms with Crippen LogP contribution in [0.15, 0.2) is 36.5 Å². The molecule has 1 heterocycles. The third-order valence-electron chi connectivity index (χ3n) is 2.56. The average Bonchev–Trinajstić information content (AvgIpc) is 2.87. The van der Waals surface area contributed by atoms with Crippen LogP contribution in [0, 0.1) is 0 Å². The lowest BCUT2D eigenvalue weighted by atomic mass is 10.1. The van der Waals surface area contributed by atoms with E-state index in [1.807, 2.05) is 13.8 Å². The molecule has 0 fully saturated rings. The van der Waals surface area contributed by atoms with E-state index in [0.29, 0.717) is 16.6 Å². The number of ketones is 1. The van der Waals surface area contributed by atoms with E-state index in [9.17, 15) is 9.59 Å². The number of Topliss-reactive ketones (excluding diaryl/α,β-unsaturated/α-hetero) is 1. The number of benzene rings is 1. The summed E-state index contributed by atoms with van der Waals surface area (Å²) in [6.07, 6.45) is 1.72. The molecule has 1 amide bonds. The normalized spacial score (nSPS) is 10.5. The molecule has 1 aromatic heterocycles. The minimum absolute atomic E-state index is 0.355. The van der Waals surface area contributed by atoms with Gasteiger partial charge in [0.25, 0.3) is 11.7 Å². The van der Waals surface area contributed by atoms with E-state index in [2.05, 4.69) is 10.3 Å². The third kappa shape index (κ3) is 3.26. The van der Waals surface area contributed by atoms with Crippen molar-refractivity contribution in [1.82, 2.24) is 4.98 Å². The maximum Gasteiger partial charge on any atom is 0.298 e. The summed E-state index contributed by atoms with van der Waals surface area (Å²) in [5.41, 5.74) is 0.376. The van der Waals surface area contributed by atoms with Crippen LogP contribution in [0.5, 0.6) is 0 Å². The number of aromatic nitrogens is 1. The Morgan fingerprint density at radius 3 is 2.47 bits per heavy atom. The van der Waals surface area contributed by atoms with Gasteiger partial charge in [-0.2, -0.15) is 0 Å². The first-order valence-electron chi connectivity index (χ1n) is 5.94. The Balaban J connectivity index is 2.06. The molecule has 0 saturated carbocycles. The fraction of sp³-hybridized carbons (Fsp3) is 0.214. The fourth-order valence-electron chi connectivity index (χ4n) is 1.49. The second kappa shape index (κ2) is 5.75. The molecular formula is C14H14N2O2S. The van der Waals surface area contributed by atoms with E-state index in [0.717, 1.165) is 4.88 Å². The van der Waals surface area contributed by atoms with Gasteiger partial charge in [0.1, 0.15) is 0 Å². The van der Waals surface area contributed by atoms with Gasteiger partial charge in [0, 0.05) is 16.6 Å².